The van der Waals surface area contributed by atoms with Gasteiger partial charge in [0.25, 0.3) is 0 Å². The van der Waals surface area contributed by atoms with Crippen molar-refractivity contribution >= 4 is 11.6 Å². The van der Waals surface area contributed by atoms with Gasteiger partial charge in [0, 0.05) is 17.6 Å². The number of halogens is 1. The number of hydrogen-bond acceptors (Lipinski definition) is 3. The highest BCUT2D eigenvalue weighted by atomic mass is 35.5. The summed E-state index contributed by atoms with van der Waals surface area (Å²) in [5.74, 6) is 1.48. The summed E-state index contributed by atoms with van der Waals surface area (Å²) in [5.41, 5.74) is 2.31. The summed E-state index contributed by atoms with van der Waals surface area (Å²) in [7, 11) is 3.28. The van der Waals surface area contributed by atoms with Crippen molar-refractivity contribution in [3.05, 3.63) is 58.6 Å². The zero-order valence-corrected chi connectivity index (χ0v) is 13.3. The Kier molecular flexibility index (Phi) is 5.48. The molecule has 3 nitrogen and oxygen atoms in total. The lowest BCUT2D eigenvalue weighted by molar-refractivity contribution is 0.354. The van der Waals surface area contributed by atoms with Gasteiger partial charge in [-0.25, -0.2) is 0 Å². The first-order valence-electron chi connectivity index (χ1n) is 6.83. The van der Waals surface area contributed by atoms with Crippen LogP contribution in [0, 0.1) is 0 Å². The van der Waals surface area contributed by atoms with E-state index >= 15 is 0 Å². The van der Waals surface area contributed by atoms with Crippen molar-refractivity contribution in [1.82, 2.24) is 5.32 Å². The van der Waals surface area contributed by atoms with E-state index in [1.54, 1.807) is 14.2 Å². The van der Waals surface area contributed by atoms with Crippen LogP contribution in [0.25, 0.3) is 0 Å². The zero-order chi connectivity index (χ0) is 15.2. The number of rotatable bonds is 6. The molecule has 0 amide bonds. The normalized spacial score (nSPS) is 12.0. The molecule has 0 aliphatic heterocycles. The second kappa shape index (κ2) is 7.34. The SMILES string of the molecule is COc1ccc(CN[C@@H](C)c2cccc(Cl)c2)cc1OC. The smallest absolute Gasteiger partial charge is 0.161 e. The maximum Gasteiger partial charge on any atom is 0.161 e. The third-order valence-electron chi connectivity index (χ3n) is 3.41. The van der Waals surface area contributed by atoms with Crippen LogP contribution in [0.2, 0.25) is 5.02 Å². The lowest BCUT2D eigenvalue weighted by Gasteiger charge is -2.15. The molecule has 0 saturated carbocycles. The van der Waals surface area contributed by atoms with Gasteiger partial charge < -0.3 is 14.8 Å². The molecule has 0 saturated heterocycles. The fourth-order valence-electron chi connectivity index (χ4n) is 2.16. The highest BCUT2D eigenvalue weighted by Crippen LogP contribution is 2.27. The molecule has 1 N–H and O–H groups in total. The van der Waals surface area contributed by atoms with Gasteiger partial charge in [-0.2, -0.15) is 0 Å². The van der Waals surface area contributed by atoms with Crippen molar-refractivity contribution in [3.63, 3.8) is 0 Å². The minimum Gasteiger partial charge on any atom is -0.493 e. The molecule has 0 radical (unpaired) electrons. The van der Waals surface area contributed by atoms with Gasteiger partial charge in [-0.3, -0.25) is 0 Å². The molecule has 2 rings (SSSR count). The van der Waals surface area contributed by atoms with Crippen LogP contribution in [0.15, 0.2) is 42.5 Å². The molecular weight excluding hydrogens is 286 g/mol. The molecule has 112 valence electrons. The van der Waals surface area contributed by atoms with E-state index in [9.17, 15) is 0 Å². The molecule has 0 bridgehead atoms. The molecule has 1 atom stereocenters. The summed E-state index contributed by atoms with van der Waals surface area (Å²) in [4.78, 5) is 0. The van der Waals surface area contributed by atoms with Crippen molar-refractivity contribution in [3.8, 4) is 11.5 Å². The van der Waals surface area contributed by atoms with E-state index < -0.39 is 0 Å². The van der Waals surface area contributed by atoms with E-state index in [-0.39, 0.29) is 6.04 Å². The Morgan fingerprint density at radius 3 is 2.48 bits per heavy atom. The van der Waals surface area contributed by atoms with Crippen molar-refractivity contribution in [2.45, 2.75) is 19.5 Å². The Morgan fingerprint density at radius 1 is 1.05 bits per heavy atom. The van der Waals surface area contributed by atoms with Crippen LogP contribution in [0.1, 0.15) is 24.1 Å². The average molecular weight is 306 g/mol. The molecule has 0 aliphatic rings. The summed E-state index contributed by atoms with van der Waals surface area (Å²) in [6.07, 6.45) is 0. The summed E-state index contributed by atoms with van der Waals surface area (Å²) >= 11 is 6.02. The Labute approximate surface area is 130 Å². The van der Waals surface area contributed by atoms with E-state index in [1.807, 2.05) is 36.4 Å². The summed E-state index contributed by atoms with van der Waals surface area (Å²) < 4.78 is 10.6. The van der Waals surface area contributed by atoms with Crippen molar-refractivity contribution in [1.29, 1.82) is 0 Å². The third kappa shape index (κ3) is 4.13. The number of benzene rings is 2. The van der Waals surface area contributed by atoms with Crippen molar-refractivity contribution in [2.24, 2.45) is 0 Å². The standard InChI is InChI=1S/C17H20ClNO2/c1-12(14-5-4-6-15(18)10-14)19-11-13-7-8-16(20-2)17(9-13)21-3/h4-10,12,19H,11H2,1-3H3/t12-/m0/s1. The molecule has 4 heteroatoms. The summed E-state index contributed by atoms with van der Waals surface area (Å²) in [5, 5.41) is 4.23. The second-order valence-electron chi connectivity index (χ2n) is 4.85. The fourth-order valence-corrected chi connectivity index (χ4v) is 2.35. The quantitative estimate of drug-likeness (QED) is 0.867. The third-order valence-corrected chi connectivity index (χ3v) is 3.64. The first-order valence-corrected chi connectivity index (χ1v) is 7.21. The Balaban J connectivity index is 2.02. The topological polar surface area (TPSA) is 30.5 Å². The lowest BCUT2D eigenvalue weighted by atomic mass is 10.1. The van der Waals surface area contributed by atoms with E-state index in [2.05, 4.69) is 18.3 Å². The highest BCUT2D eigenvalue weighted by molar-refractivity contribution is 6.30. The maximum atomic E-state index is 6.02. The van der Waals surface area contributed by atoms with Gasteiger partial charge in [-0.05, 0) is 42.3 Å². The van der Waals surface area contributed by atoms with Gasteiger partial charge in [-0.1, -0.05) is 29.8 Å². The number of methoxy groups -OCH3 is 2. The molecule has 0 fully saturated rings. The molecule has 0 heterocycles. The van der Waals surface area contributed by atoms with E-state index in [1.165, 1.54) is 5.56 Å². The fraction of sp³-hybridized carbons (Fsp3) is 0.294. The molecule has 0 aromatic heterocycles. The first kappa shape index (κ1) is 15.7. The summed E-state index contributed by atoms with van der Waals surface area (Å²) in [6.45, 7) is 2.86. The van der Waals surface area contributed by atoms with Gasteiger partial charge >= 0.3 is 0 Å². The predicted molar refractivity (Wildman–Crippen MR) is 86.3 cm³/mol. The van der Waals surface area contributed by atoms with Crippen LogP contribution in [0.5, 0.6) is 11.5 Å². The Morgan fingerprint density at radius 2 is 1.81 bits per heavy atom. The summed E-state index contributed by atoms with van der Waals surface area (Å²) in [6, 6.07) is 14.0. The van der Waals surface area contributed by atoms with Crippen molar-refractivity contribution in [2.75, 3.05) is 14.2 Å². The Hall–Kier alpha value is -1.71. The van der Waals surface area contributed by atoms with Crippen LogP contribution in [-0.4, -0.2) is 14.2 Å². The monoisotopic (exact) mass is 305 g/mol. The van der Waals surface area contributed by atoms with E-state index in [0.717, 1.165) is 28.6 Å². The van der Waals surface area contributed by atoms with Crippen LogP contribution < -0.4 is 14.8 Å². The molecule has 21 heavy (non-hydrogen) atoms. The Bertz CT molecular complexity index is 601. The van der Waals surface area contributed by atoms with Crippen molar-refractivity contribution < 1.29 is 9.47 Å². The van der Waals surface area contributed by atoms with Gasteiger partial charge in [0.15, 0.2) is 11.5 Å². The molecule has 2 aromatic rings. The average Bonchev–Trinajstić information content (AvgIpc) is 2.52. The highest BCUT2D eigenvalue weighted by Gasteiger charge is 2.08. The first-order chi connectivity index (χ1) is 10.1. The maximum absolute atomic E-state index is 6.02. The van der Waals surface area contributed by atoms with Crippen LogP contribution in [-0.2, 0) is 6.54 Å². The van der Waals surface area contributed by atoms with E-state index in [4.69, 9.17) is 21.1 Å². The number of nitrogens with one attached hydrogen (secondary N) is 1. The number of hydrogen-bond donors (Lipinski definition) is 1. The van der Waals surface area contributed by atoms with Gasteiger partial charge in [0.05, 0.1) is 14.2 Å². The largest absolute Gasteiger partial charge is 0.493 e. The van der Waals surface area contributed by atoms with Crippen LogP contribution in [0.3, 0.4) is 0 Å². The van der Waals surface area contributed by atoms with Gasteiger partial charge in [0.1, 0.15) is 0 Å². The van der Waals surface area contributed by atoms with Gasteiger partial charge in [-0.15, -0.1) is 0 Å². The van der Waals surface area contributed by atoms with Crippen LogP contribution in [0.4, 0.5) is 0 Å². The number of ether oxygens (including phenoxy) is 2. The second-order valence-corrected chi connectivity index (χ2v) is 5.28. The lowest BCUT2D eigenvalue weighted by Crippen LogP contribution is -2.18. The molecule has 0 aliphatic carbocycles. The van der Waals surface area contributed by atoms with Crippen LogP contribution >= 0.6 is 11.6 Å². The molecular formula is C17H20ClNO2. The minimum absolute atomic E-state index is 0.219. The molecule has 2 aromatic carbocycles. The molecule has 0 spiro atoms. The molecule has 0 unspecified atom stereocenters. The van der Waals surface area contributed by atoms with Gasteiger partial charge in [0.2, 0.25) is 0 Å². The zero-order valence-electron chi connectivity index (χ0n) is 12.5. The predicted octanol–water partition coefficient (Wildman–Crippen LogP) is 4.21. The van der Waals surface area contributed by atoms with E-state index in [0.29, 0.717) is 0 Å². The minimum atomic E-state index is 0.219.